The highest BCUT2D eigenvalue weighted by Gasteiger charge is 2.03. The molecule has 3 aromatic rings. The van der Waals surface area contributed by atoms with Gasteiger partial charge in [0.05, 0.1) is 12.1 Å². The fraction of sp³-hybridized carbons (Fsp3) is 0.154. The maximum atomic E-state index is 5.02. The first-order chi connectivity index (χ1) is 8.81. The van der Waals surface area contributed by atoms with Gasteiger partial charge in [-0.15, -0.1) is 0 Å². The SMILES string of the molecule is Cc1noc(CNc2ccc3ccccc3n2)n1. The van der Waals surface area contributed by atoms with Crippen LogP contribution in [0.25, 0.3) is 10.9 Å². The second-order valence-electron chi connectivity index (χ2n) is 3.98. The molecule has 0 amide bonds. The highest BCUT2D eigenvalue weighted by molar-refractivity contribution is 5.79. The van der Waals surface area contributed by atoms with Crippen LogP contribution in [0.2, 0.25) is 0 Å². The third-order valence-electron chi connectivity index (χ3n) is 2.59. The average molecular weight is 240 g/mol. The van der Waals surface area contributed by atoms with E-state index in [9.17, 15) is 0 Å². The third kappa shape index (κ3) is 2.15. The highest BCUT2D eigenvalue weighted by atomic mass is 16.5. The number of para-hydroxylation sites is 1. The van der Waals surface area contributed by atoms with Crippen molar-refractivity contribution in [2.75, 3.05) is 5.32 Å². The Morgan fingerprint density at radius 2 is 2.00 bits per heavy atom. The first-order valence-electron chi connectivity index (χ1n) is 5.70. The van der Waals surface area contributed by atoms with Crippen molar-refractivity contribution in [3.05, 3.63) is 48.1 Å². The molecule has 2 heterocycles. The van der Waals surface area contributed by atoms with Crippen LogP contribution in [0.1, 0.15) is 11.7 Å². The van der Waals surface area contributed by atoms with Crippen molar-refractivity contribution in [3.8, 4) is 0 Å². The maximum Gasteiger partial charge on any atom is 0.245 e. The molecule has 18 heavy (non-hydrogen) atoms. The highest BCUT2D eigenvalue weighted by Crippen LogP contribution is 2.14. The molecule has 0 bridgehead atoms. The van der Waals surface area contributed by atoms with Gasteiger partial charge in [-0.3, -0.25) is 0 Å². The second kappa shape index (κ2) is 4.44. The van der Waals surface area contributed by atoms with E-state index in [1.165, 1.54) is 0 Å². The van der Waals surface area contributed by atoms with Crippen molar-refractivity contribution in [1.29, 1.82) is 0 Å². The van der Waals surface area contributed by atoms with Crippen molar-refractivity contribution in [1.82, 2.24) is 15.1 Å². The van der Waals surface area contributed by atoms with Crippen LogP contribution in [0.4, 0.5) is 5.82 Å². The van der Waals surface area contributed by atoms with Gasteiger partial charge in [-0.25, -0.2) is 4.98 Å². The van der Waals surface area contributed by atoms with Crippen LogP contribution in [-0.2, 0) is 6.54 Å². The lowest BCUT2D eigenvalue weighted by atomic mass is 10.2. The van der Waals surface area contributed by atoms with Gasteiger partial charge in [-0.1, -0.05) is 23.4 Å². The van der Waals surface area contributed by atoms with Gasteiger partial charge in [0.1, 0.15) is 5.82 Å². The molecule has 0 aliphatic rings. The van der Waals surface area contributed by atoms with E-state index in [4.69, 9.17) is 4.52 Å². The van der Waals surface area contributed by atoms with Gasteiger partial charge in [0.25, 0.3) is 0 Å². The Kier molecular flexibility index (Phi) is 2.64. The van der Waals surface area contributed by atoms with Gasteiger partial charge in [-0.05, 0) is 25.1 Å². The minimum atomic E-state index is 0.478. The summed E-state index contributed by atoms with van der Waals surface area (Å²) in [6, 6.07) is 12.0. The van der Waals surface area contributed by atoms with Gasteiger partial charge >= 0.3 is 0 Å². The Balaban J connectivity index is 1.78. The molecule has 3 rings (SSSR count). The molecule has 1 aromatic carbocycles. The molecule has 1 N–H and O–H groups in total. The molecular weight excluding hydrogens is 228 g/mol. The molecule has 0 aliphatic heterocycles. The number of hydrogen-bond donors (Lipinski definition) is 1. The smallest absolute Gasteiger partial charge is 0.245 e. The predicted octanol–water partition coefficient (Wildman–Crippen LogP) is 2.54. The lowest BCUT2D eigenvalue weighted by molar-refractivity contribution is 0.379. The molecule has 0 radical (unpaired) electrons. The number of rotatable bonds is 3. The topological polar surface area (TPSA) is 63.8 Å². The van der Waals surface area contributed by atoms with Crippen molar-refractivity contribution in [2.24, 2.45) is 0 Å². The Hall–Kier alpha value is -2.43. The van der Waals surface area contributed by atoms with Crippen molar-refractivity contribution >= 4 is 16.7 Å². The van der Waals surface area contributed by atoms with Gasteiger partial charge in [0, 0.05) is 5.39 Å². The Morgan fingerprint density at radius 1 is 1.11 bits per heavy atom. The second-order valence-corrected chi connectivity index (χ2v) is 3.98. The van der Waals surface area contributed by atoms with Gasteiger partial charge in [-0.2, -0.15) is 4.98 Å². The van der Waals surface area contributed by atoms with E-state index >= 15 is 0 Å². The number of anilines is 1. The first-order valence-corrected chi connectivity index (χ1v) is 5.70. The minimum absolute atomic E-state index is 0.478. The molecule has 0 fully saturated rings. The predicted molar refractivity (Wildman–Crippen MR) is 68.1 cm³/mol. The Bertz CT molecular complexity index is 677. The normalized spacial score (nSPS) is 10.7. The number of pyridine rings is 1. The Labute approximate surface area is 104 Å². The third-order valence-corrected chi connectivity index (χ3v) is 2.59. The van der Waals surface area contributed by atoms with Crippen LogP contribution < -0.4 is 5.32 Å². The number of hydrogen-bond acceptors (Lipinski definition) is 5. The van der Waals surface area contributed by atoms with Gasteiger partial charge in [0.15, 0.2) is 5.82 Å². The molecule has 5 nitrogen and oxygen atoms in total. The van der Waals surface area contributed by atoms with Crippen LogP contribution in [0.15, 0.2) is 40.9 Å². The van der Waals surface area contributed by atoms with Gasteiger partial charge in [0.2, 0.25) is 5.89 Å². The van der Waals surface area contributed by atoms with E-state index in [0.29, 0.717) is 18.3 Å². The fourth-order valence-corrected chi connectivity index (χ4v) is 1.74. The first kappa shape index (κ1) is 10.7. The number of benzene rings is 1. The summed E-state index contributed by atoms with van der Waals surface area (Å²) in [5.74, 6) is 1.99. The maximum absolute atomic E-state index is 5.02. The quantitative estimate of drug-likeness (QED) is 0.762. The molecule has 0 saturated heterocycles. The molecule has 0 aliphatic carbocycles. The zero-order valence-electron chi connectivity index (χ0n) is 9.92. The minimum Gasteiger partial charge on any atom is -0.361 e. The molecule has 0 atom stereocenters. The summed E-state index contributed by atoms with van der Waals surface area (Å²) in [6.07, 6.45) is 0. The lowest BCUT2D eigenvalue weighted by Gasteiger charge is -2.03. The van der Waals surface area contributed by atoms with Crippen molar-refractivity contribution in [3.63, 3.8) is 0 Å². The summed E-state index contributed by atoms with van der Waals surface area (Å²) < 4.78 is 5.02. The number of nitrogens with one attached hydrogen (secondary N) is 1. The summed E-state index contributed by atoms with van der Waals surface area (Å²) in [6.45, 7) is 2.27. The van der Waals surface area contributed by atoms with E-state index in [1.54, 1.807) is 6.92 Å². The molecular formula is C13H12N4O. The summed E-state index contributed by atoms with van der Waals surface area (Å²) in [5, 5.41) is 8.01. The van der Waals surface area contributed by atoms with Crippen LogP contribution in [-0.4, -0.2) is 15.1 Å². The molecule has 0 unspecified atom stereocenters. The average Bonchev–Trinajstić information content (AvgIpc) is 2.82. The number of nitrogens with zero attached hydrogens (tertiary/aromatic N) is 3. The molecule has 0 spiro atoms. The number of aryl methyl sites for hydroxylation is 1. The zero-order chi connectivity index (χ0) is 12.4. The lowest BCUT2D eigenvalue weighted by Crippen LogP contribution is -2.01. The van der Waals surface area contributed by atoms with Crippen LogP contribution in [0.5, 0.6) is 0 Å². The van der Waals surface area contributed by atoms with E-state index in [2.05, 4.69) is 20.4 Å². The van der Waals surface area contributed by atoms with Gasteiger partial charge < -0.3 is 9.84 Å². The summed E-state index contributed by atoms with van der Waals surface area (Å²) in [4.78, 5) is 8.62. The molecule has 2 aromatic heterocycles. The van der Waals surface area contributed by atoms with Crippen molar-refractivity contribution in [2.45, 2.75) is 13.5 Å². The number of aromatic nitrogens is 3. The molecule has 5 heteroatoms. The zero-order valence-corrected chi connectivity index (χ0v) is 9.92. The monoisotopic (exact) mass is 240 g/mol. The molecule has 0 saturated carbocycles. The largest absolute Gasteiger partial charge is 0.361 e. The number of fused-ring (bicyclic) bond motifs is 1. The summed E-state index contributed by atoms with van der Waals surface area (Å²) >= 11 is 0. The molecule has 90 valence electrons. The Morgan fingerprint density at radius 3 is 2.83 bits per heavy atom. The summed E-state index contributed by atoms with van der Waals surface area (Å²) in [7, 11) is 0. The fourth-order valence-electron chi connectivity index (χ4n) is 1.74. The van der Waals surface area contributed by atoms with E-state index in [-0.39, 0.29) is 0 Å². The van der Waals surface area contributed by atoms with Crippen molar-refractivity contribution < 1.29 is 4.52 Å². The van der Waals surface area contributed by atoms with Crippen LogP contribution in [0, 0.1) is 6.92 Å². The van der Waals surface area contributed by atoms with E-state index in [0.717, 1.165) is 16.7 Å². The summed E-state index contributed by atoms with van der Waals surface area (Å²) in [5.41, 5.74) is 0.962. The van der Waals surface area contributed by atoms with Crippen LogP contribution >= 0.6 is 0 Å². The van der Waals surface area contributed by atoms with E-state index in [1.807, 2.05) is 36.4 Å². The standard InChI is InChI=1S/C13H12N4O/c1-9-15-13(18-17-9)8-14-12-7-6-10-4-2-3-5-11(10)16-12/h2-7H,8H2,1H3,(H,14,16). The van der Waals surface area contributed by atoms with E-state index < -0.39 is 0 Å². The van der Waals surface area contributed by atoms with Crippen LogP contribution in [0.3, 0.4) is 0 Å².